The fourth-order valence-electron chi connectivity index (χ4n) is 8.49. The molecule has 0 unspecified atom stereocenters. The van der Waals surface area contributed by atoms with Crippen LogP contribution in [0.2, 0.25) is 0 Å². The number of fused-ring (bicyclic) bond motifs is 4. The van der Waals surface area contributed by atoms with Crippen molar-refractivity contribution in [1.82, 2.24) is 0 Å². The van der Waals surface area contributed by atoms with E-state index in [9.17, 15) is 0 Å². The van der Waals surface area contributed by atoms with Crippen LogP contribution in [0.1, 0.15) is 0 Å². The first-order chi connectivity index (χ1) is 29.7. The number of nitrogens with zero attached hydrogens (tertiary/aromatic N) is 1. The van der Waals surface area contributed by atoms with E-state index < -0.39 is 0 Å². The van der Waals surface area contributed by atoms with Gasteiger partial charge in [0.1, 0.15) is 0 Å². The Balaban J connectivity index is 0.891. The number of hydrogen-bond acceptors (Lipinski definition) is 2. The molecule has 282 valence electrons. The number of benzene rings is 10. The topological polar surface area (TPSA) is 3.24 Å². The average Bonchev–Trinajstić information content (AvgIpc) is 3.71. The molecule has 1 heterocycles. The number of rotatable bonds is 8. The zero-order valence-electron chi connectivity index (χ0n) is 32.9. The Morgan fingerprint density at radius 3 is 1.27 bits per heavy atom. The number of thiophene rings is 1. The molecule has 0 saturated carbocycles. The first-order valence-corrected chi connectivity index (χ1v) is 21.3. The lowest BCUT2D eigenvalue weighted by molar-refractivity contribution is 1.28. The summed E-state index contributed by atoms with van der Waals surface area (Å²) in [5, 5.41) is 5.16. The van der Waals surface area contributed by atoms with E-state index in [2.05, 4.69) is 241 Å². The monoisotopic (exact) mass is 781 g/mol. The molecule has 0 amide bonds. The molecule has 0 N–H and O–H groups in total. The lowest BCUT2D eigenvalue weighted by Gasteiger charge is -2.26. The summed E-state index contributed by atoms with van der Waals surface area (Å²) in [7, 11) is 0. The van der Waals surface area contributed by atoms with E-state index >= 15 is 0 Å². The van der Waals surface area contributed by atoms with Crippen molar-refractivity contribution in [3.05, 3.63) is 237 Å². The van der Waals surface area contributed by atoms with E-state index in [1.807, 2.05) is 11.3 Å². The molecule has 0 bridgehead atoms. The van der Waals surface area contributed by atoms with Crippen LogP contribution in [0, 0.1) is 0 Å². The van der Waals surface area contributed by atoms with E-state index in [0.717, 1.165) is 17.1 Å². The minimum absolute atomic E-state index is 1.10. The quantitative estimate of drug-likeness (QED) is 0.148. The number of hydrogen-bond donors (Lipinski definition) is 0. The van der Waals surface area contributed by atoms with Gasteiger partial charge < -0.3 is 4.90 Å². The predicted octanol–water partition coefficient (Wildman–Crippen LogP) is 17.0. The first kappa shape index (κ1) is 35.6. The van der Waals surface area contributed by atoms with Crippen molar-refractivity contribution in [3.8, 4) is 55.6 Å². The van der Waals surface area contributed by atoms with Gasteiger partial charge in [-0.2, -0.15) is 0 Å². The number of anilines is 3. The highest BCUT2D eigenvalue weighted by molar-refractivity contribution is 7.25. The molecule has 0 saturated heterocycles. The lowest BCUT2D eigenvalue weighted by atomic mass is 9.96. The second-order valence-electron chi connectivity index (χ2n) is 15.4. The summed E-state index contributed by atoms with van der Waals surface area (Å²) in [6, 6.07) is 86.1. The summed E-state index contributed by atoms with van der Waals surface area (Å²) in [6.07, 6.45) is 0. The van der Waals surface area contributed by atoms with Crippen LogP contribution in [0.15, 0.2) is 237 Å². The molecule has 11 aromatic rings. The van der Waals surface area contributed by atoms with Crippen molar-refractivity contribution in [2.75, 3.05) is 4.90 Å². The zero-order chi connectivity index (χ0) is 39.8. The molecule has 2 heteroatoms. The van der Waals surface area contributed by atoms with Crippen LogP contribution < -0.4 is 4.90 Å². The van der Waals surface area contributed by atoms with Crippen molar-refractivity contribution < 1.29 is 0 Å². The average molecular weight is 782 g/mol. The van der Waals surface area contributed by atoms with E-state index in [1.165, 1.54) is 86.6 Å². The third kappa shape index (κ3) is 6.83. The minimum Gasteiger partial charge on any atom is -0.311 e. The second kappa shape index (κ2) is 15.3. The summed E-state index contributed by atoms with van der Waals surface area (Å²) in [6.45, 7) is 0. The van der Waals surface area contributed by atoms with E-state index in [4.69, 9.17) is 0 Å². The Hall–Kier alpha value is -7.52. The molecule has 0 aliphatic rings. The van der Waals surface area contributed by atoms with Crippen LogP contribution in [-0.4, -0.2) is 0 Å². The largest absolute Gasteiger partial charge is 0.311 e. The summed E-state index contributed by atoms with van der Waals surface area (Å²) in [4.78, 5) is 2.35. The molecular formula is C58H39NS. The molecular weight excluding hydrogens is 743 g/mol. The standard InChI is InChI=1S/C58H39NS/c1-2-9-40(10-3-1)43-23-30-52(31-24-43)59(54-34-27-46(28-35-54)51-29-36-58-56(39-51)55-15-6-7-16-57(55)60-58)53-32-25-44(26-33-53)42-17-19-45(20-18-42)48-13-8-14-49(37-48)50-22-21-41-11-4-5-12-47(41)38-50/h1-39H. The van der Waals surface area contributed by atoms with Gasteiger partial charge in [0.2, 0.25) is 0 Å². The highest BCUT2D eigenvalue weighted by Crippen LogP contribution is 2.40. The van der Waals surface area contributed by atoms with E-state index in [1.54, 1.807) is 0 Å². The molecule has 10 aromatic carbocycles. The van der Waals surface area contributed by atoms with Gasteiger partial charge in [0.15, 0.2) is 0 Å². The highest BCUT2D eigenvalue weighted by Gasteiger charge is 2.15. The molecule has 11 rings (SSSR count). The Labute approximate surface area is 354 Å². The maximum Gasteiger partial charge on any atom is 0.0462 e. The molecule has 0 radical (unpaired) electrons. The molecule has 60 heavy (non-hydrogen) atoms. The van der Waals surface area contributed by atoms with Gasteiger partial charge in [-0.05, 0) is 133 Å². The van der Waals surface area contributed by atoms with Crippen LogP contribution in [-0.2, 0) is 0 Å². The normalized spacial score (nSPS) is 11.3. The molecule has 1 nitrogen and oxygen atoms in total. The summed E-state index contributed by atoms with van der Waals surface area (Å²) in [5.74, 6) is 0. The summed E-state index contributed by atoms with van der Waals surface area (Å²) < 4.78 is 2.65. The van der Waals surface area contributed by atoms with Gasteiger partial charge in [-0.25, -0.2) is 0 Å². The van der Waals surface area contributed by atoms with Crippen molar-refractivity contribution in [1.29, 1.82) is 0 Å². The van der Waals surface area contributed by atoms with Gasteiger partial charge in [0.25, 0.3) is 0 Å². The third-order valence-electron chi connectivity index (χ3n) is 11.7. The molecule has 0 spiro atoms. The van der Waals surface area contributed by atoms with E-state index in [0.29, 0.717) is 0 Å². The van der Waals surface area contributed by atoms with Gasteiger partial charge in [-0.15, -0.1) is 11.3 Å². The highest BCUT2D eigenvalue weighted by atomic mass is 32.1. The Morgan fingerprint density at radius 2 is 0.633 bits per heavy atom. The second-order valence-corrected chi connectivity index (χ2v) is 16.5. The fraction of sp³-hybridized carbons (Fsp3) is 0. The maximum absolute atomic E-state index is 2.35. The van der Waals surface area contributed by atoms with E-state index in [-0.39, 0.29) is 0 Å². The van der Waals surface area contributed by atoms with Crippen molar-refractivity contribution >= 4 is 59.3 Å². The summed E-state index contributed by atoms with van der Waals surface area (Å²) >= 11 is 1.86. The Bertz CT molecular complexity index is 3270. The van der Waals surface area contributed by atoms with Crippen molar-refractivity contribution in [3.63, 3.8) is 0 Å². The third-order valence-corrected chi connectivity index (χ3v) is 12.8. The smallest absolute Gasteiger partial charge is 0.0462 e. The molecule has 0 aliphatic carbocycles. The van der Waals surface area contributed by atoms with Crippen LogP contribution in [0.4, 0.5) is 17.1 Å². The SMILES string of the molecule is c1ccc(-c2ccc(N(c3ccc(-c4ccc(-c5cccc(-c6ccc7ccccc7c6)c5)cc4)cc3)c3ccc(-c4ccc5sc6ccccc6c5c4)cc3)cc2)cc1. The molecule has 1 aromatic heterocycles. The molecule has 0 aliphatic heterocycles. The fourth-order valence-corrected chi connectivity index (χ4v) is 9.58. The van der Waals surface area contributed by atoms with Crippen molar-refractivity contribution in [2.45, 2.75) is 0 Å². The lowest BCUT2D eigenvalue weighted by Crippen LogP contribution is -2.09. The van der Waals surface area contributed by atoms with Gasteiger partial charge in [0.05, 0.1) is 0 Å². The molecule has 0 fully saturated rings. The maximum atomic E-state index is 2.35. The summed E-state index contributed by atoms with van der Waals surface area (Å²) in [5.41, 5.74) is 15.4. The van der Waals surface area contributed by atoms with Crippen molar-refractivity contribution in [2.24, 2.45) is 0 Å². The van der Waals surface area contributed by atoms with Gasteiger partial charge >= 0.3 is 0 Å². The van der Waals surface area contributed by atoms with Crippen LogP contribution in [0.25, 0.3) is 86.6 Å². The minimum atomic E-state index is 1.10. The van der Waals surface area contributed by atoms with Crippen LogP contribution in [0.3, 0.4) is 0 Å². The van der Waals surface area contributed by atoms with Crippen LogP contribution >= 0.6 is 11.3 Å². The van der Waals surface area contributed by atoms with Gasteiger partial charge in [-0.1, -0.05) is 170 Å². The Kier molecular flexibility index (Phi) is 9.11. The zero-order valence-corrected chi connectivity index (χ0v) is 33.7. The van der Waals surface area contributed by atoms with Gasteiger partial charge in [-0.3, -0.25) is 0 Å². The molecule has 0 atom stereocenters. The predicted molar refractivity (Wildman–Crippen MR) is 259 cm³/mol. The first-order valence-electron chi connectivity index (χ1n) is 20.5. The van der Waals surface area contributed by atoms with Crippen LogP contribution in [0.5, 0.6) is 0 Å². The Morgan fingerprint density at radius 1 is 0.233 bits per heavy atom. The van der Waals surface area contributed by atoms with Gasteiger partial charge in [0, 0.05) is 37.2 Å².